The third kappa shape index (κ3) is 6.40. The zero-order chi connectivity index (χ0) is 20.0. The Morgan fingerprint density at radius 1 is 0.615 bits per heavy atom. The van der Waals surface area contributed by atoms with E-state index in [4.69, 9.17) is 24.4 Å². The molecule has 0 heterocycles. The standard InChI is InChI=1S/C20H34N4S2/c1-13(2)23(14(3)4)19(25)21-17-9-11-18(12-10-17)22-20(26)24(15(5)6)16(7)8/h9-16H,1-8H3,(H,21,25)(H,22,26). The van der Waals surface area contributed by atoms with Crippen molar-refractivity contribution in [3.05, 3.63) is 24.3 Å². The molecule has 26 heavy (non-hydrogen) atoms. The Hall–Kier alpha value is -1.40. The highest BCUT2D eigenvalue weighted by Gasteiger charge is 2.18. The van der Waals surface area contributed by atoms with Gasteiger partial charge in [0.05, 0.1) is 0 Å². The molecule has 0 aliphatic heterocycles. The highest BCUT2D eigenvalue weighted by Crippen LogP contribution is 2.17. The van der Waals surface area contributed by atoms with E-state index >= 15 is 0 Å². The van der Waals surface area contributed by atoms with Gasteiger partial charge in [0.2, 0.25) is 0 Å². The van der Waals surface area contributed by atoms with Crippen LogP contribution in [0.15, 0.2) is 24.3 Å². The molecule has 0 spiro atoms. The average molecular weight is 395 g/mol. The highest BCUT2D eigenvalue weighted by atomic mass is 32.1. The molecule has 0 radical (unpaired) electrons. The van der Waals surface area contributed by atoms with E-state index < -0.39 is 0 Å². The minimum absolute atomic E-state index is 0.353. The minimum Gasteiger partial charge on any atom is -0.344 e. The van der Waals surface area contributed by atoms with Gasteiger partial charge in [-0.25, -0.2) is 0 Å². The number of nitrogens with zero attached hydrogens (tertiary/aromatic N) is 2. The van der Waals surface area contributed by atoms with Gasteiger partial charge in [0.1, 0.15) is 0 Å². The lowest BCUT2D eigenvalue weighted by Crippen LogP contribution is -2.44. The van der Waals surface area contributed by atoms with Crippen molar-refractivity contribution in [3.63, 3.8) is 0 Å². The monoisotopic (exact) mass is 394 g/mol. The third-order valence-corrected chi connectivity index (χ3v) is 4.71. The second-order valence-electron chi connectivity index (χ2n) is 7.63. The molecule has 0 fully saturated rings. The molecule has 0 aliphatic carbocycles. The molecular weight excluding hydrogens is 360 g/mol. The van der Waals surface area contributed by atoms with Gasteiger partial charge in [-0.3, -0.25) is 0 Å². The molecule has 0 aliphatic rings. The van der Waals surface area contributed by atoms with Crippen molar-refractivity contribution in [1.29, 1.82) is 0 Å². The van der Waals surface area contributed by atoms with Gasteiger partial charge >= 0.3 is 0 Å². The number of rotatable bonds is 6. The van der Waals surface area contributed by atoms with Crippen molar-refractivity contribution >= 4 is 46.0 Å². The van der Waals surface area contributed by atoms with E-state index in [1.807, 2.05) is 24.3 Å². The fourth-order valence-corrected chi connectivity index (χ4v) is 4.22. The Bertz CT molecular complexity index is 525. The predicted octanol–water partition coefficient (Wildman–Crippen LogP) is 5.32. The Morgan fingerprint density at radius 2 is 0.846 bits per heavy atom. The maximum absolute atomic E-state index is 5.58. The lowest BCUT2D eigenvalue weighted by molar-refractivity contribution is 0.296. The van der Waals surface area contributed by atoms with Gasteiger partial charge in [0.15, 0.2) is 10.2 Å². The van der Waals surface area contributed by atoms with E-state index in [0.29, 0.717) is 24.2 Å². The fourth-order valence-electron chi connectivity index (χ4n) is 3.14. The van der Waals surface area contributed by atoms with E-state index in [1.165, 1.54) is 0 Å². The molecule has 0 saturated carbocycles. The maximum Gasteiger partial charge on any atom is 0.173 e. The molecule has 1 aromatic carbocycles. The Morgan fingerprint density at radius 3 is 1.04 bits per heavy atom. The molecule has 0 atom stereocenters. The first-order chi connectivity index (χ1) is 12.0. The van der Waals surface area contributed by atoms with Crippen molar-refractivity contribution in [1.82, 2.24) is 9.80 Å². The van der Waals surface area contributed by atoms with Crippen LogP contribution in [0, 0.1) is 0 Å². The number of benzene rings is 1. The number of hydrogen-bond donors (Lipinski definition) is 2. The molecular formula is C20H34N4S2. The first-order valence-corrected chi connectivity index (χ1v) is 10.1. The van der Waals surface area contributed by atoms with Crippen LogP contribution in [0.1, 0.15) is 55.4 Å². The van der Waals surface area contributed by atoms with Crippen LogP contribution in [-0.4, -0.2) is 44.2 Å². The van der Waals surface area contributed by atoms with Crippen LogP contribution in [0.4, 0.5) is 11.4 Å². The summed E-state index contributed by atoms with van der Waals surface area (Å²) in [5.74, 6) is 0. The molecule has 146 valence electrons. The smallest absolute Gasteiger partial charge is 0.173 e. The number of anilines is 2. The van der Waals surface area contributed by atoms with Crippen molar-refractivity contribution in [2.45, 2.75) is 79.6 Å². The van der Waals surface area contributed by atoms with E-state index in [0.717, 1.165) is 21.6 Å². The molecule has 1 aromatic rings. The first kappa shape index (κ1) is 22.6. The fraction of sp³-hybridized carbons (Fsp3) is 0.600. The summed E-state index contributed by atoms with van der Waals surface area (Å²) < 4.78 is 0. The first-order valence-electron chi connectivity index (χ1n) is 9.33. The van der Waals surface area contributed by atoms with E-state index in [-0.39, 0.29) is 0 Å². The van der Waals surface area contributed by atoms with Crippen molar-refractivity contribution in [3.8, 4) is 0 Å². The quantitative estimate of drug-likeness (QED) is 0.635. The minimum atomic E-state index is 0.353. The molecule has 2 N–H and O–H groups in total. The lowest BCUT2D eigenvalue weighted by atomic mass is 10.2. The average Bonchev–Trinajstić information content (AvgIpc) is 2.47. The van der Waals surface area contributed by atoms with Gasteiger partial charge < -0.3 is 20.4 Å². The summed E-state index contributed by atoms with van der Waals surface area (Å²) in [6.45, 7) is 17.2. The normalized spacial score (nSPS) is 11.2. The molecule has 0 amide bonds. The highest BCUT2D eigenvalue weighted by molar-refractivity contribution is 7.80. The third-order valence-electron chi connectivity index (χ3n) is 4.08. The summed E-state index contributed by atoms with van der Waals surface area (Å²) in [7, 11) is 0. The molecule has 0 aromatic heterocycles. The lowest BCUT2D eigenvalue weighted by Gasteiger charge is -2.34. The van der Waals surface area contributed by atoms with Crippen molar-refractivity contribution in [2.75, 3.05) is 10.6 Å². The van der Waals surface area contributed by atoms with Crippen LogP contribution in [0.25, 0.3) is 0 Å². The zero-order valence-electron chi connectivity index (χ0n) is 17.3. The zero-order valence-corrected chi connectivity index (χ0v) is 19.0. The second-order valence-corrected chi connectivity index (χ2v) is 8.40. The molecule has 0 saturated heterocycles. The van der Waals surface area contributed by atoms with Crippen LogP contribution >= 0.6 is 24.4 Å². The predicted molar refractivity (Wildman–Crippen MR) is 123 cm³/mol. The van der Waals surface area contributed by atoms with Crippen LogP contribution in [-0.2, 0) is 0 Å². The Kier molecular flexibility index (Phi) is 8.77. The molecule has 0 bridgehead atoms. The van der Waals surface area contributed by atoms with Crippen molar-refractivity contribution < 1.29 is 0 Å². The van der Waals surface area contributed by atoms with Crippen LogP contribution in [0.5, 0.6) is 0 Å². The summed E-state index contributed by atoms with van der Waals surface area (Å²) in [5.41, 5.74) is 1.95. The maximum atomic E-state index is 5.58. The number of nitrogens with one attached hydrogen (secondary N) is 2. The van der Waals surface area contributed by atoms with Gasteiger partial charge in [0, 0.05) is 35.5 Å². The molecule has 1 rings (SSSR count). The topological polar surface area (TPSA) is 30.5 Å². The van der Waals surface area contributed by atoms with E-state index in [1.54, 1.807) is 0 Å². The van der Waals surface area contributed by atoms with Gasteiger partial charge in [-0.05, 0) is 104 Å². The Labute approximate surface area is 170 Å². The van der Waals surface area contributed by atoms with Gasteiger partial charge in [-0.1, -0.05) is 0 Å². The summed E-state index contributed by atoms with van der Waals surface area (Å²) in [4.78, 5) is 4.39. The van der Waals surface area contributed by atoms with E-state index in [2.05, 4.69) is 75.8 Å². The summed E-state index contributed by atoms with van der Waals surface area (Å²) in [5, 5.41) is 8.16. The largest absolute Gasteiger partial charge is 0.344 e. The molecule has 6 heteroatoms. The number of thiocarbonyl (C=S) groups is 2. The van der Waals surface area contributed by atoms with E-state index in [9.17, 15) is 0 Å². The number of hydrogen-bond acceptors (Lipinski definition) is 2. The van der Waals surface area contributed by atoms with Crippen molar-refractivity contribution in [2.24, 2.45) is 0 Å². The molecule has 0 unspecified atom stereocenters. The summed E-state index contributed by atoms with van der Waals surface area (Å²) in [6, 6.07) is 9.49. The Balaban J connectivity index is 2.77. The molecule has 4 nitrogen and oxygen atoms in total. The van der Waals surface area contributed by atoms with Crippen LogP contribution < -0.4 is 10.6 Å². The second kappa shape index (κ2) is 10.1. The van der Waals surface area contributed by atoms with Gasteiger partial charge in [-0.2, -0.15) is 0 Å². The summed E-state index contributed by atoms with van der Waals surface area (Å²) >= 11 is 11.2. The van der Waals surface area contributed by atoms with Gasteiger partial charge in [0.25, 0.3) is 0 Å². The summed E-state index contributed by atoms with van der Waals surface area (Å²) in [6.07, 6.45) is 0. The SMILES string of the molecule is CC(C)N(C(=S)Nc1ccc(NC(=S)N(C(C)C)C(C)C)cc1)C(C)C. The van der Waals surface area contributed by atoms with Crippen LogP contribution in [0.3, 0.4) is 0 Å². The van der Waals surface area contributed by atoms with Gasteiger partial charge in [-0.15, -0.1) is 0 Å². The van der Waals surface area contributed by atoms with Crippen LogP contribution in [0.2, 0.25) is 0 Å².